The smallest absolute Gasteiger partial charge is 0.335 e. The van der Waals surface area contributed by atoms with Crippen LogP contribution >= 0.6 is 15.9 Å². The molecular formula is C17H18BrNO2. The largest absolute Gasteiger partial charge is 0.467 e. The second-order valence-corrected chi connectivity index (χ2v) is 6.03. The number of hydrogen-bond acceptors (Lipinski definition) is 3. The lowest BCUT2D eigenvalue weighted by Crippen LogP contribution is -2.41. The number of nitrogens with one attached hydrogen (secondary N) is 1. The second kappa shape index (κ2) is 6.31. The lowest BCUT2D eigenvalue weighted by Gasteiger charge is -2.29. The predicted octanol–water partition coefficient (Wildman–Crippen LogP) is 4.26. The van der Waals surface area contributed by atoms with Crippen LogP contribution in [0.4, 0.5) is 5.69 Å². The summed E-state index contributed by atoms with van der Waals surface area (Å²) in [4.78, 5) is 12.3. The molecule has 0 amide bonds. The predicted molar refractivity (Wildman–Crippen MR) is 88.3 cm³/mol. The summed E-state index contributed by atoms with van der Waals surface area (Å²) < 4.78 is 5.97. The van der Waals surface area contributed by atoms with Crippen molar-refractivity contribution in [1.29, 1.82) is 0 Å². The van der Waals surface area contributed by atoms with Crippen molar-refractivity contribution >= 4 is 27.6 Å². The maximum atomic E-state index is 12.3. The Morgan fingerprint density at radius 1 is 1.10 bits per heavy atom. The van der Waals surface area contributed by atoms with Crippen molar-refractivity contribution in [2.45, 2.75) is 19.4 Å². The summed E-state index contributed by atoms with van der Waals surface area (Å²) in [6.45, 7) is 3.84. The minimum Gasteiger partial charge on any atom is -0.467 e. The molecule has 2 aromatic carbocycles. The first kappa shape index (κ1) is 15.6. The summed E-state index contributed by atoms with van der Waals surface area (Å²) in [5.74, 6) is -0.325. The molecule has 0 aromatic heterocycles. The van der Waals surface area contributed by atoms with Gasteiger partial charge in [0, 0.05) is 10.2 Å². The summed E-state index contributed by atoms with van der Waals surface area (Å²) in [7, 11) is 1.40. The number of hydrogen-bond donors (Lipinski definition) is 1. The topological polar surface area (TPSA) is 38.3 Å². The number of esters is 1. The molecule has 110 valence electrons. The molecule has 0 spiro atoms. The van der Waals surface area contributed by atoms with Gasteiger partial charge >= 0.3 is 5.97 Å². The Morgan fingerprint density at radius 2 is 1.67 bits per heavy atom. The number of carbonyl (C=O) groups is 1. The normalized spacial score (nSPS) is 13.3. The van der Waals surface area contributed by atoms with Crippen LogP contribution in [0.5, 0.6) is 0 Å². The number of aryl methyl sites for hydroxylation is 1. The van der Waals surface area contributed by atoms with Crippen LogP contribution in [0, 0.1) is 6.92 Å². The molecule has 2 rings (SSSR count). The SMILES string of the molecule is COC(=O)C(C)(Nc1ccc(Br)cc1)c1ccc(C)cc1. The molecule has 0 aliphatic rings. The first-order valence-corrected chi connectivity index (χ1v) is 7.44. The number of ether oxygens (including phenoxy) is 1. The van der Waals surface area contributed by atoms with E-state index in [1.807, 2.05) is 62.4 Å². The van der Waals surface area contributed by atoms with Crippen molar-refractivity contribution in [1.82, 2.24) is 0 Å². The molecule has 2 aromatic rings. The average molecular weight is 348 g/mol. The second-order valence-electron chi connectivity index (χ2n) is 5.11. The van der Waals surface area contributed by atoms with Gasteiger partial charge in [-0.15, -0.1) is 0 Å². The summed E-state index contributed by atoms with van der Waals surface area (Å²) in [6.07, 6.45) is 0. The number of benzene rings is 2. The van der Waals surface area contributed by atoms with E-state index in [1.54, 1.807) is 0 Å². The highest BCUT2D eigenvalue weighted by atomic mass is 79.9. The summed E-state index contributed by atoms with van der Waals surface area (Å²) in [5.41, 5.74) is 1.93. The molecule has 0 aliphatic carbocycles. The molecule has 0 heterocycles. The van der Waals surface area contributed by atoms with Gasteiger partial charge in [0.05, 0.1) is 7.11 Å². The molecule has 21 heavy (non-hydrogen) atoms. The highest BCUT2D eigenvalue weighted by Gasteiger charge is 2.36. The Labute approximate surface area is 133 Å². The third-order valence-corrected chi connectivity index (χ3v) is 3.99. The van der Waals surface area contributed by atoms with E-state index in [1.165, 1.54) is 7.11 Å². The summed E-state index contributed by atoms with van der Waals surface area (Å²) in [6, 6.07) is 15.5. The molecule has 1 atom stereocenters. The lowest BCUT2D eigenvalue weighted by molar-refractivity contribution is -0.145. The number of rotatable bonds is 4. The van der Waals surface area contributed by atoms with E-state index in [0.29, 0.717) is 0 Å². The van der Waals surface area contributed by atoms with Crippen molar-refractivity contribution in [3.63, 3.8) is 0 Å². The van der Waals surface area contributed by atoms with Gasteiger partial charge in [-0.05, 0) is 43.7 Å². The Balaban J connectivity index is 2.39. The van der Waals surface area contributed by atoms with E-state index < -0.39 is 5.54 Å². The molecule has 4 heteroatoms. The quantitative estimate of drug-likeness (QED) is 0.839. The number of methoxy groups -OCH3 is 1. The van der Waals surface area contributed by atoms with Gasteiger partial charge in [-0.25, -0.2) is 4.79 Å². The van der Waals surface area contributed by atoms with Crippen LogP contribution in [0.15, 0.2) is 53.0 Å². The molecule has 0 bridgehead atoms. The van der Waals surface area contributed by atoms with Crippen LogP contribution in [0.3, 0.4) is 0 Å². The van der Waals surface area contributed by atoms with Crippen molar-refractivity contribution < 1.29 is 9.53 Å². The van der Waals surface area contributed by atoms with Gasteiger partial charge < -0.3 is 10.1 Å². The monoisotopic (exact) mass is 347 g/mol. The van der Waals surface area contributed by atoms with Gasteiger partial charge in [0.1, 0.15) is 0 Å². The van der Waals surface area contributed by atoms with Crippen LogP contribution in [-0.2, 0) is 15.1 Å². The van der Waals surface area contributed by atoms with Crippen molar-refractivity contribution in [3.8, 4) is 0 Å². The molecule has 0 saturated carbocycles. The van der Waals surface area contributed by atoms with E-state index >= 15 is 0 Å². The van der Waals surface area contributed by atoms with E-state index in [-0.39, 0.29) is 5.97 Å². The molecule has 0 aliphatic heterocycles. The molecule has 3 nitrogen and oxygen atoms in total. The maximum absolute atomic E-state index is 12.3. The van der Waals surface area contributed by atoms with Crippen LogP contribution in [-0.4, -0.2) is 13.1 Å². The third kappa shape index (κ3) is 3.45. The minimum atomic E-state index is -0.934. The lowest BCUT2D eigenvalue weighted by atomic mass is 9.91. The fourth-order valence-electron chi connectivity index (χ4n) is 2.15. The Hall–Kier alpha value is -1.81. The number of carbonyl (C=O) groups excluding carboxylic acids is 1. The Morgan fingerprint density at radius 3 is 2.19 bits per heavy atom. The molecule has 1 N–H and O–H groups in total. The van der Waals surface area contributed by atoms with Crippen LogP contribution in [0.1, 0.15) is 18.1 Å². The first-order valence-electron chi connectivity index (χ1n) is 6.65. The van der Waals surface area contributed by atoms with Gasteiger partial charge in [0.15, 0.2) is 5.54 Å². The molecule has 1 unspecified atom stereocenters. The standard InChI is InChI=1S/C17H18BrNO2/c1-12-4-6-13(7-5-12)17(2,16(20)21-3)19-15-10-8-14(18)9-11-15/h4-11,19H,1-3H3. The van der Waals surface area contributed by atoms with Gasteiger partial charge in [0.2, 0.25) is 0 Å². The van der Waals surface area contributed by atoms with E-state index in [2.05, 4.69) is 21.2 Å². The maximum Gasteiger partial charge on any atom is 0.335 e. The van der Waals surface area contributed by atoms with Crippen molar-refractivity contribution in [3.05, 3.63) is 64.1 Å². The zero-order valence-corrected chi connectivity index (χ0v) is 13.9. The first-order chi connectivity index (χ1) is 9.95. The highest BCUT2D eigenvalue weighted by Crippen LogP contribution is 2.28. The minimum absolute atomic E-state index is 0.325. The van der Waals surface area contributed by atoms with Crippen LogP contribution in [0.2, 0.25) is 0 Å². The van der Waals surface area contributed by atoms with Crippen molar-refractivity contribution in [2.75, 3.05) is 12.4 Å². The van der Waals surface area contributed by atoms with Gasteiger partial charge in [-0.1, -0.05) is 45.8 Å². The zero-order valence-electron chi connectivity index (χ0n) is 12.3. The molecule has 0 fully saturated rings. The third-order valence-electron chi connectivity index (χ3n) is 3.46. The Kier molecular flexibility index (Phi) is 4.68. The summed E-state index contributed by atoms with van der Waals surface area (Å²) in [5, 5.41) is 3.27. The molecule has 0 radical (unpaired) electrons. The van der Waals surface area contributed by atoms with E-state index in [4.69, 9.17) is 4.74 Å². The van der Waals surface area contributed by atoms with E-state index in [9.17, 15) is 4.79 Å². The van der Waals surface area contributed by atoms with Gasteiger partial charge in [-0.3, -0.25) is 0 Å². The van der Waals surface area contributed by atoms with Crippen molar-refractivity contribution in [2.24, 2.45) is 0 Å². The molecule has 0 saturated heterocycles. The van der Waals surface area contributed by atoms with Gasteiger partial charge in [-0.2, -0.15) is 0 Å². The van der Waals surface area contributed by atoms with E-state index in [0.717, 1.165) is 21.3 Å². The highest BCUT2D eigenvalue weighted by molar-refractivity contribution is 9.10. The zero-order chi connectivity index (χ0) is 15.5. The number of anilines is 1. The fraction of sp³-hybridized carbons (Fsp3) is 0.235. The fourth-order valence-corrected chi connectivity index (χ4v) is 2.42. The number of halogens is 1. The molecular weight excluding hydrogens is 330 g/mol. The van der Waals surface area contributed by atoms with Crippen LogP contribution in [0.25, 0.3) is 0 Å². The summed E-state index contributed by atoms with van der Waals surface area (Å²) >= 11 is 3.40. The Bertz CT molecular complexity index is 622. The van der Waals surface area contributed by atoms with Gasteiger partial charge in [0.25, 0.3) is 0 Å². The average Bonchev–Trinajstić information content (AvgIpc) is 2.49. The van der Waals surface area contributed by atoms with Crippen LogP contribution < -0.4 is 5.32 Å².